The smallest absolute Gasteiger partial charge is 0.261 e. The summed E-state index contributed by atoms with van der Waals surface area (Å²) in [4.78, 5) is 17.4. The minimum atomic E-state index is -0.687. The molecule has 0 aliphatic rings. The van der Waals surface area contributed by atoms with Gasteiger partial charge in [-0.25, -0.2) is 4.68 Å². The van der Waals surface area contributed by atoms with Gasteiger partial charge in [0.1, 0.15) is 0 Å². The van der Waals surface area contributed by atoms with E-state index < -0.39 is 6.10 Å². The van der Waals surface area contributed by atoms with Gasteiger partial charge in [-0.05, 0) is 44.4 Å². The summed E-state index contributed by atoms with van der Waals surface area (Å²) in [7, 11) is 0. The van der Waals surface area contributed by atoms with Gasteiger partial charge in [0.2, 0.25) is 5.88 Å². The lowest BCUT2D eigenvalue weighted by Gasteiger charge is -2.16. The first-order valence-electron chi connectivity index (χ1n) is 10.9. The molecule has 164 valence electrons. The van der Waals surface area contributed by atoms with Crippen LogP contribution >= 0.6 is 0 Å². The van der Waals surface area contributed by atoms with E-state index in [9.17, 15) is 4.79 Å². The van der Waals surface area contributed by atoms with Gasteiger partial charge in [0.15, 0.2) is 11.8 Å². The summed E-state index contributed by atoms with van der Waals surface area (Å²) >= 11 is 0. The van der Waals surface area contributed by atoms with Crippen molar-refractivity contribution in [1.29, 1.82) is 0 Å². The molecule has 0 saturated carbocycles. The average Bonchev–Trinajstić information content (AvgIpc) is 3.14. The van der Waals surface area contributed by atoms with Crippen molar-refractivity contribution in [2.75, 3.05) is 0 Å². The van der Waals surface area contributed by atoms with Crippen LogP contribution < -0.4 is 10.1 Å². The minimum absolute atomic E-state index is 0.186. The van der Waals surface area contributed by atoms with Crippen LogP contribution in [0.4, 0.5) is 0 Å². The number of nitrogens with one attached hydrogen (secondary N) is 1. The van der Waals surface area contributed by atoms with Crippen LogP contribution in [0.5, 0.6) is 5.88 Å². The summed E-state index contributed by atoms with van der Waals surface area (Å²) in [6, 6.07) is 20.1. The first-order chi connectivity index (χ1) is 15.5. The Balaban J connectivity index is 1.59. The van der Waals surface area contributed by atoms with Crippen molar-refractivity contribution in [2.24, 2.45) is 0 Å². The van der Waals surface area contributed by atoms with Crippen LogP contribution in [0.25, 0.3) is 22.2 Å². The highest BCUT2D eigenvalue weighted by molar-refractivity contribution is 5.95. The monoisotopic (exact) mass is 428 g/mol. The van der Waals surface area contributed by atoms with Gasteiger partial charge in [0.05, 0.1) is 11.1 Å². The molecule has 1 N–H and O–H groups in total. The predicted octanol–water partition coefficient (Wildman–Crippen LogP) is 4.82. The fourth-order valence-corrected chi connectivity index (χ4v) is 3.73. The highest BCUT2D eigenvalue weighted by atomic mass is 16.5. The molecule has 1 atom stereocenters. The molecule has 1 amide bonds. The van der Waals surface area contributed by atoms with Crippen LogP contribution in [0, 0.1) is 13.8 Å². The molecule has 32 heavy (non-hydrogen) atoms. The second-order valence-corrected chi connectivity index (χ2v) is 7.94. The number of carbonyl (C=O) groups excluding carboxylic acids is 1. The van der Waals surface area contributed by atoms with E-state index >= 15 is 0 Å². The number of pyridine rings is 1. The van der Waals surface area contributed by atoms with E-state index in [2.05, 4.69) is 22.5 Å². The molecule has 0 fully saturated rings. The highest BCUT2D eigenvalue weighted by Crippen LogP contribution is 2.33. The zero-order chi connectivity index (χ0) is 22.7. The van der Waals surface area contributed by atoms with E-state index in [0.29, 0.717) is 19.0 Å². The largest absolute Gasteiger partial charge is 0.464 e. The molecule has 0 bridgehead atoms. The van der Waals surface area contributed by atoms with Gasteiger partial charge in [0.25, 0.3) is 5.91 Å². The van der Waals surface area contributed by atoms with Crippen molar-refractivity contribution < 1.29 is 9.53 Å². The number of hydrogen-bond acceptors (Lipinski definition) is 4. The minimum Gasteiger partial charge on any atom is -0.464 e. The number of aryl methyl sites for hydroxylation is 3. The highest BCUT2D eigenvalue weighted by Gasteiger charge is 2.20. The molecule has 6 nitrogen and oxygen atoms in total. The second kappa shape index (κ2) is 9.22. The van der Waals surface area contributed by atoms with Gasteiger partial charge in [-0.2, -0.15) is 10.1 Å². The number of aromatic nitrogens is 3. The van der Waals surface area contributed by atoms with Gasteiger partial charge >= 0.3 is 0 Å². The first kappa shape index (κ1) is 21.6. The van der Waals surface area contributed by atoms with Gasteiger partial charge in [0, 0.05) is 19.2 Å². The number of hydrogen-bond donors (Lipinski definition) is 1. The number of amides is 1. The van der Waals surface area contributed by atoms with Crippen LogP contribution in [0.15, 0.2) is 60.7 Å². The number of ether oxygens (including phenoxy) is 1. The van der Waals surface area contributed by atoms with Gasteiger partial charge in [-0.3, -0.25) is 4.79 Å². The molecule has 4 rings (SSSR count). The lowest BCUT2D eigenvalue weighted by Crippen LogP contribution is -2.36. The number of nitrogens with zero attached hydrogens (tertiary/aromatic N) is 3. The first-order valence-corrected chi connectivity index (χ1v) is 10.9. The Morgan fingerprint density at radius 3 is 2.50 bits per heavy atom. The summed E-state index contributed by atoms with van der Waals surface area (Å²) in [5.74, 6) is 0.220. The second-order valence-electron chi connectivity index (χ2n) is 7.94. The summed E-state index contributed by atoms with van der Waals surface area (Å²) in [5.41, 5.74) is 5.96. The van der Waals surface area contributed by atoms with Crippen LogP contribution in [-0.2, 0) is 17.9 Å². The zero-order valence-corrected chi connectivity index (χ0v) is 18.9. The topological polar surface area (TPSA) is 69.0 Å². The molecule has 0 radical (unpaired) electrons. The van der Waals surface area contributed by atoms with E-state index in [1.54, 1.807) is 6.92 Å². The molecule has 0 aliphatic heterocycles. The standard InChI is InChI=1S/C26H28N4O2/c1-5-30-25-24(18(3)29-30)22(21-9-7-6-8-10-21)15-23(28-25)32-19(4)26(31)27-16-20-13-11-17(2)12-14-20/h6-15,19H,5,16H2,1-4H3,(H,27,31)/t19-/m1/s1. The number of carbonyl (C=O) groups is 1. The maximum absolute atomic E-state index is 12.7. The van der Waals surface area contributed by atoms with E-state index in [-0.39, 0.29) is 5.91 Å². The molecule has 0 aliphatic carbocycles. The number of rotatable bonds is 7. The van der Waals surface area contributed by atoms with Crippen LogP contribution in [0.1, 0.15) is 30.7 Å². The summed E-state index contributed by atoms with van der Waals surface area (Å²) < 4.78 is 7.87. The van der Waals surface area contributed by atoms with Gasteiger partial charge in [-0.15, -0.1) is 0 Å². The maximum Gasteiger partial charge on any atom is 0.261 e. The van der Waals surface area contributed by atoms with Crippen LogP contribution in [0.3, 0.4) is 0 Å². The summed E-state index contributed by atoms with van der Waals surface area (Å²) in [5, 5.41) is 8.58. The Hall–Kier alpha value is -3.67. The summed E-state index contributed by atoms with van der Waals surface area (Å²) in [6.45, 7) is 8.95. The SMILES string of the molecule is CCn1nc(C)c2c(-c3ccccc3)cc(O[C@H](C)C(=O)NCc3ccc(C)cc3)nc21. The normalized spacial score (nSPS) is 12.0. The Labute approximate surface area is 188 Å². The third-order valence-electron chi connectivity index (χ3n) is 5.49. The molecule has 2 aromatic carbocycles. The zero-order valence-electron chi connectivity index (χ0n) is 18.9. The molecular formula is C26H28N4O2. The fraction of sp³-hybridized carbons (Fsp3) is 0.269. The van der Waals surface area contributed by atoms with Gasteiger partial charge in [-0.1, -0.05) is 60.2 Å². The van der Waals surface area contributed by atoms with Crippen molar-refractivity contribution in [1.82, 2.24) is 20.1 Å². The number of fused-ring (bicyclic) bond motifs is 1. The Bertz CT molecular complexity index is 1230. The van der Waals surface area contributed by atoms with Crippen molar-refractivity contribution in [2.45, 2.75) is 46.9 Å². The van der Waals surface area contributed by atoms with Gasteiger partial charge < -0.3 is 10.1 Å². The number of benzene rings is 2. The molecule has 0 spiro atoms. The average molecular weight is 429 g/mol. The van der Waals surface area contributed by atoms with Crippen molar-refractivity contribution >= 4 is 16.9 Å². The van der Waals surface area contributed by atoms with E-state index in [1.807, 2.05) is 74.0 Å². The predicted molar refractivity (Wildman–Crippen MR) is 126 cm³/mol. The Kier molecular flexibility index (Phi) is 6.21. The third-order valence-corrected chi connectivity index (χ3v) is 5.49. The molecule has 0 unspecified atom stereocenters. The summed E-state index contributed by atoms with van der Waals surface area (Å²) in [6.07, 6.45) is -0.687. The quantitative estimate of drug-likeness (QED) is 0.458. The molecule has 0 saturated heterocycles. The maximum atomic E-state index is 12.7. The Morgan fingerprint density at radius 1 is 1.09 bits per heavy atom. The van der Waals surface area contributed by atoms with Crippen molar-refractivity contribution in [3.63, 3.8) is 0 Å². The van der Waals surface area contributed by atoms with Crippen molar-refractivity contribution in [3.05, 3.63) is 77.5 Å². The molecule has 2 aromatic heterocycles. The molecule has 4 aromatic rings. The lowest BCUT2D eigenvalue weighted by molar-refractivity contribution is -0.127. The van der Waals surface area contributed by atoms with E-state index in [0.717, 1.165) is 33.4 Å². The third kappa shape index (κ3) is 4.49. The lowest BCUT2D eigenvalue weighted by atomic mass is 10.0. The van der Waals surface area contributed by atoms with Crippen molar-refractivity contribution in [3.8, 4) is 17.0 Å². The molecular weight excluding hydrogens is 400 g/mol. The molecule has 6 heteroatoms. The van der Waals surface area contributed by atoms with E-state index in [4.69, 9.17) is 9.72 Å². The van der Waals surface area contributed by atoms with Crippen LogP contribution in [-0.4, -0.2) is 26.8 Å². The fourth-order valence-electron chi connectivity index (χ4n) is 3.73. The van der Waals surface area contributed by atoms with E-state index in [1.165, 1.54) is 5.56 Å². The molecule has 2 heterocycles. The van der Waals surface area contributed by atoms with Crippen LogP contribution in [0.2, 0.25) is 0 Å². The Morgan fingerprint density at radius 2 is 1.81 bits per heavy atom.